The summed E-state index contributed by atoms with van der Waals surface area (Å²) in [6, 6.07) is 9.89. The fourth-order valence-corrected chi connectivity index (χ4v) is 3.06. The molecule has 28 heavy (non-hydrogen) atoms. The van der Waals surface area contributed by atoms with Gasteiger partial charge in [-0.25, -0.2) is 0 Å². The van der Waals surface area contributed by atoms with Gasteiger partial charge in [0.05, 0.1) is 18.1 Å². The first kappa shape index (κ1) is 19.6. The Balaban J connectivity index is 1.78. The van der Waals surface area contributed by atoms with Crippen LogP contribution in [0, 0.1) is 17.0 Å². The summed E-state index contributed by atoms with van der Waals surface area (Å²) in [4.78, 5) is 22.6. The lowest BCUT2D eigenvalue weighted by atomic mass is 10.1. The molecular weight excluding hydrogens is 362 g/mol. The Labute approximate surface area is 163 Å². The van der Waals surface area contributed by atoms with Crippen LogP contribution in [0.4, 0.5) is 17.1 Å². The van der Waals surface area contributed by atoms with E-state index in [-0.39, 0.29) is 23.3 Å². The monoisotopic (exact) mass is 385 g/mol. The number of rotatable bonds is 6. The van der Waals surface area contributed by atoms with Crippen molar-refractivity contribution < 1.29 is 19.2 Å². The van der Waals surface area contributed by atoms with Crippen LogP contribution in [0.25, 0.3) is 0 Å². The van der Waals surface area contributed by atoms with Crippen LogP contribution in [0.2, 0.25) is 0 Å². The maximum Gasteiger partial charge on any atom is 0.293 e. The minimum absolute atomic E-state index is 0.143. The topological polar surface area (TPSA) is 103 Å². The highest BCUT2D eigenvalue weighted by Crippen LogP contribution is 2.31. The molecule has 8 heteroatoms. The smallest absolute Gasteiger partial charge is 0.293 e. The summed E-state index contributed by atoms with van der Waals surface area (Å²) in [5, 5.41) is 16.9. The van der Waals surface area contributed by atoms with Crippen molar-refractivity contribution >= 4 is 23.0 Å². The van der Waals surface area contributed by atoms with E-state index in [9.17, 15) is 14.9 Å². The molecule has 148 valence electrons. The molecule has 1 fully saturated rings. The number of carbonyl (C=O) groups is 1. The van der Waals surface area contributed by atoms with E-state index >= 15 is 0 Å². The van der Waals surface area contributed by atoms with Gasteiger partial charge in [0.2, 0.25) is 0 Å². The van der Waals surface area contributed by atoms with E-state index in [1.807, 2.05) is 25.1 Å². The van der Waals surface area contributed by atoms with Gasteiger partial charge in [-0.3, -0.25) is 14.9 Å². The van der Waals surface area contributed by atoms with Gasteiger partial charge in [-0.05, 0) is 42.8 Å². The molecular formula is C20H23N3O5. The zero-order valence-corrected chi connectivity index (χ0v) is 15.9. The molecule has 0 saturated carbocycles. The normalized spacial score (nSPS) is 14.4. The molecule has 2 aromatic rings. The highest BCUT2D eigenvalue weighted by atomic mass is 16.6. The fourth-order valence-electron chi connectivity index (χ4n) is 3.06. The van der Waals surface area contributed by atoms with Crippen molar-refractivity contribution in [2.75, 3.05) is 25.6 Å². The number of hydrogen-bond acceptors (Lipinski definition) is 6. The average Bonchev–Trinajstić information content (AvgIpc) is 2.70. The Hall–Kier alpha value is -3.13. The predicted molar refractivity (Wildman–Crippen MR) is 105 cm³/mol. The molecule has 2 aromatic carbocycles. The lowest BCUT2D eigenvalue weighted by Crippen LogP contribution is -2.26. The number of amides is 1. The molecule has 1 aliphatic heterocycles. The first-order chi connectivity index (χ1) is 13.5. The van der Waals surface area contributed by atoms with Crippen LogP contribution in [0.15, 0.2) is 36.4 Å². The zero-order chi connectivity index (χ0) is 20.1. The molecule has 0 spiro atoms. The number of nitro benzene ring substituents is 1. The van der Waals surface area contributed by atoms with Gasteiger partial charge in [0.1, 0.15) is 17.5 Å². The summed E-state index contributed by atoms with van der Waals surface area (Å²) in [5.41, 5.74) is 2.02. The molecule has 0 radical (unpaired) electrons. The number of carbonyl (C=O) groups excluding carboxylic acids is 1. The molecule has 0 aromatic heterocycles. The molecule has 3 rings (SSSR count). The van der Waals surface area contributed by atoms with Crippen molar-refractivity contribution in [2.24, 2.45) is 0 Å². The maximum atomic E-state index is 11.7. The number of aryl methyl sites for hydroxylation is 1. The zero-order valence-electron chi connectivity index (χ0n) is 15.9. The van der Waals surface area contributed by atoms with Crippen LogP contribution >= 0.6 is 0 Å². The van der Waals surface area contributed by atoms with Crippen molar-refractivity contribution in [1.82, 2.24) is 5.32 Å². The van der Waals surface area contributed by atoms with Gasteiger partial charge in [-0.2, -0.15) is 0 Å². The van der Waals surface area contributed by atoms with E-state index in [4.69, 9.17) is 9.47 Å². The first-order valence-corrected chi connectivity index (χ1v) is 9.10. The van der Waals surface area contributed by atoms with Crippen LogP contribution in [0.3, 0.4) is 0 Å². The number of ether oxygens (including phenoxy) is 2. The SMILES string of the molecule is CNC(=O)c1ccc(Nc2ccc(OC3CCOCC3)c(C)c2)c([N+](=O)[O-])c1. The van der Waals surface area contributed by atoms with Gasteiger partial charge in [0.25, 0.3) is 11.6 Å². The standard InChI is InChI=1S/C20H23N3O5/c1-13-11-15(4-6-19(13)28-16-7-9-27-10-8-16)22-17-5-3-14(20(24)21-2)12-18(17)23(25)26/h3-6,11-12,16,22H,7-10H2,1-2H3,(H,21,24). The number of nitrogens with zero attached hydrogens (tertiary/aromatic N) is 1. The summed E-state index contributed by atoms with van der Waals surface area (Å²) >= 11 is 0. The van der Waals surface area contributed by atoms with Crippen LogP contribution < -0.4 is 15.4 Å². The summed E-state index contributed by atoms with van der Waals surface area (Å²) < 4.78 is 11.4. The largest absolute Gasteiger partial charge is 0.490 e. The van der Waals surface area contributed by atoms with Gasteiger partial charge in [-0.1, -0.05) is 0 Å². The van der Waals surface area contributed by atoms with Gasteiger partial charge < -0.3 is 20.1 Å². The predicted octanol–water partition coefficient (Wildman–Crippen LogP) is 3.56. The average molecular weight is 385 g/mol. The number of nitrogens with one attached hydrogen (secondary N) is 2. The third-order valence-electron chi connectivity index (χ3n) is 4.60. The van der Waals surface area contributed by atoms with Crippen LogP contribution in [0.1, 0.15) is 28.8 Å². The highest BCUT2D eigenvalue weighted by molar-refractivity contribution is 5.95. The molecule has 0 atom stereocenters. The van der Waals surface area contributed by atoms with Crippen molar-refractivity contribution in [3.8, 4) is 5.75 Å². The summed E-state index contributed by atoms with van der Waals surface area (Å²) in [5.74, 6) is 0.419. The van der Waals surface area contributed by atoms with Gasteiger partial charge in [0, 0.05) is 37.2 Å². The second-order valence-corrected chi connectivity index (χ2v) is 6.60. The molecule has 0 bridgehead atoms. The fraction of sp³-hybridized carbons (Fsp3) is 0.350. The van der Waals surface area contributed by atoms with Crippen LogP contribution in [0.5, 0.6) is 5.75 Å². The number of hydrogen-bond donors (Lipinski definition) is 2. The molecule has 1 aliphatic rings. The first-order valence-electron chi connectivity index (χ1n) is 9.10. The van der Waals surface area contributed by atoms with E-state index in [2.05, 4.69) is 10.6 Å². The number of anilines is 2. The third-order valence-corrected chi connectivity index (χ3v) is 4.60. The number of benzene rings is 2. The minimum Gasteiger partial charge on any atom is -0.490 e. The van der Waals surface area contributed by atoms with Crippen molar-refractivity contribution in [1.29, 1.82) is 0 Å². The van der Waals surface area contributed by atoms with E-state index in [0.717, 1.165) is 24.2 Å². The van der Waals surface area contributed by atoms with Crippen molar-refractivity contribution in [2.45, 2.75) is 25.9 Å². The Morgan fingerprint density at radius 3 is 2.61 bits per heavy atom. The van der Waals surface area contributed by atoms with E-state index in [0.29, 0.717) is 24.6 Å². The minimum atomic E-state index is -0.510. The summed E-state index contributed by atoms with van der Waals surface area (Å²) in [6.07, 6.45) is 1.87. The maximum absolute atomic E-state index is 11.7. The quantitative estimate of drug-likeness (QED) is 0.582. The third kappa shape index (κ3) is 4.58. The highest BCUT2D eigenvalue weighted by Gasteiger charge is 2.19. The Morgan fingerprint density at radius 2 is 1.96 bits per heavy atom. The molecule has 0 unspecified atom stereocenters. The molecule has 1 heterocycles. The van der Waals surface area contributed by atoms with E-state index in [1.165, 1.54) is 19.2 Å². The van der Waals surface area contributed by atoms with Gasteiger partial charge in [0.15, 0.2) is 0 Å². The number of nitro groups is 1. The van der Waals surface area contributed by atoms with Gasteiger partial charge in [-0.15, -0.1) is 0 Å². The lowest BCUT2D eigenvalue weighted by Gasteiger charge is -2.24. The Kier molecular flexibility index (Phi) is 6.10. The summed E-state index contributed by atoms with van der Waals surface area (Å²) in [6.45, 7) is 3.35. The Bertz CT molecular complexity index is 878. The van der Waals surface area contributed by atoms with Gasteiger partial charge >= 0.3 is 0 Å². The molecule has 1 amide bonds. The van der Waals surface area contributed by atoms with Crippen molar-refractivity contribution in [3.05, 3.63) is 57.6 Å². The van der Waals surface area contributed by atoms with Crippen LogP contribution in [-0.4, -0.2) is 37.2 Å². The second-order valence-electron chi connectivity index (χ2n) is 6.60. The van der Waals surface area contributed by atoms with E-state index < -0.39 is 4.92 Å². The van der Waals surface area contributed by atoms with E-state index in [1.54, 1.807) is 6.07 Å². The lowest BCUT2D eigenvalue weighted by molar-refractivity contribution is -0.383. The van der Waals surface area contributed by atoms with Crippen molar-refractivity contribution in [3.63, 3.8) is 0 Å². The molecule has 0 aliphatic carbocycles. The molecule has 8 nitrogen and oxygen atoms in total. The Morgan fingerprint density at radius 1 is 1.21 bits per heavy atom. The summed E-state index contributed by atoms with van der Waals surface area (Å²) in [7, 11) is 1.48. The van der Waals surface area contributed by atoms with Crippen LogP contribution in [-0.2, 0) is 4.74 Å². The second kappa shape index (κ2) is 8.71. The molecule has 1 saturated heterocycles. The molecule has 2 N–H and O–H groups in total.